The maximum Gasteiger partial charge on any atom is 0.404 e. The molecule has 0 spiro atoms. The minimum Gasteiger partial charge on any atom is -0.465 e. The van der Waals surface area contributed by atoms with E-state index in [0.717, 1.165) is 11.1 Å². The van der Waals surface area contributed by atoms with Crippen molar-refractivity contribution >= 4 is 12.2 Å². The molecule has 0 unspecified atom stereocenters. The maximum absolute atomic E-state index is 10.3. The topological polar surface area (TPSA) is 75.1 Å². The third-order valence-electron chi connectivity index (χ3n) is 2.42. The number of benzene rings is 1. The van der Waals surface area contributed by atoms with Gasteiger partial charge in [-0.25, -0.2) is 14.8 Å². The highest BCUT2D eigenvalue weighted by Gasteiger charge is 1.98. The van der Waals surface area contributed by atoms with Crippen molar-refractivity contribution in [1.82, 2.24) is 15.3 Å². The number of carbonyl (C=O) groups is 1. The smallest absolute Gasteiger partial charge is 0.404 e. The van der Waals surface area contributed by atoms with Crippen LogP contribution in [0.4, 0.5) is 4.79 Å². The molecule has 0 bridgehead atoms. The van der Waals surface area contributed by atoms with Crippen LogP contribution in [0.5, 0.6) is 0 Å². The van der Waals surface area contributed by atoms with E-state index >= 15 is 0 Å². The van der Waals surface area contributed by atoms with Crippen molar-refractivity contribution in [3.8, 4) is 11.4 Å². The molecule has 1 heterocycles. The Labute approximate surface area is 110 Å². The minimum atomic E-state index is -1.03. The van der Waals surface area contributed by atoms with Crippen LogP contribution >= 0.6 is 0 Å². The molecule has 0 saturated carbocycles. The van der Waals surface area contributed by atoms with Crippen LogP contribution in [-0.2, 0) is 0 Å². The van der Waals surface area contributed by atoms with E-state index in [1.165, 1.54) is 0 Å². The molecule has 1 aromatic carbocycles. The Bertz CT molecular complexity index is 565. The Kier molecular flexibility index (Phi) is 4.23. The number of rotatable bonds is 4. The summed E-state index contributed by atoms with van der Waals surface area (Å²) in [5, 5.41) is 10.7. The van der Waals surface area contributed by atoms with Crippen LogP contribution in [0.2, 0.25) is 0 Å². The molecule has 0 saturated heterocycles. The number of aromatic nitrogens is 2. The summed E-state index contributed by atoms with van der Waals surface area (Å²) in [6.07, 6.45) is 5.98. The first-order valence-electron chi connectivity index (χ1n) is 5.76. The van der Waals surface area contributed by atoms with E-state index in [0.29, 0.717) is 12.4 Å². The lowest BCUT2D eigenvalue weighted by molar-refractivity contribution is 0.195. The van der Waals surface area contributed by atoms with Crippen molar-refractivity contribution in [2.75, 3.05) is 6.54 Å². The molecule has 0 fully saturated rings. The summed E-state index contributed by atoms with van der Waals surface area (Å²) in [4.78, 5) is 18.6. The molecule has 2 N–H and O–H groups in total. The maximum atomic E-state index is 10.3. The molecule has 0 radical (unpaired) electrons. The van der Waals surface area contributed by atoms with Gasteiger partial charge in [0.15, 0.2) is 5.82 Å². The fraction of sp³-hybridized carbons (Fsp3) is 0.0714. The summed E-state index contributed by atoms with van der Waals surface area (Å²) >= 11 is 0. The quantitative estimate of drug-likeness (QED) is 0.879. The average Bonchev–Trinajstić information content (AvgIpc) is 2.45. The fourth-order valence-corrected chi connectivity index (χ4v) is 1.53. The van der Waals surface area contributed by atoms with Gasteiger partial charge in [-0.3, -0.25) is 0 Å². The molecule has 0 aliphatic carbocycles. The van der Waals surface area contributed by atoms with Crippen LogP contribution in [0.3, 0.4) is 0 Å². The van der Waals surface area contributed by atoms with Crippen LogP contribution in [0.15, 0.2) is 48.8 Å². The molecule has 96 valence electrons. The van der Waals surface area contributed by atoms with Gasteiger partial charge < -0.3 is 10.4 Å². The van der Waals surface area contributed by atoms with Crippen molar-refractivity contribution < 1.29 is 9.90 Å². The summed E-state index contributed by atoms with van der Waals surface area (Å²) in [5.41, 5.74) is 1.94. The van der Waals surface area contributed by atoms with Crippen molar-refractivity contribution in [3.05, 3.63) is 54.4 Å². The van der Waals surface area contributed by atoms with E-state index in [4.69, 9.17) is 5.11 Å². The summed E-state index contributed by atoms with van der Waals surface area (Å²) < 4.78 is 0. The largest absolute Gasteiger partial charge is 0.465 e. The van der Waals surface area contributed by atoms with E-state index in [1.807, 2.05) is 30.3 Å². The van der Waals surface area contributed by atoms with Gasteiger partial charge in [-0.15, -0.1) is 0 Å². The van der Waals surface area contributed by atoms with E-state index in [9.17, 15) is 4.79 Å². The van der Waals surface area contributed by atoms with Gasteiger partial charge in [0.2, 0.25) is 0 Å². The molecular formula is C14H13N3O2. The zero-order valence-corrected chi connectivity index (χ0v) is 10.2. The Morgan fingerprint density at radius 3 is 2.53 bits per heavy atom. The first-order valence-corrected chi connectivity index (χ1v) is 5.76. The molecule has 1 aromatic heterocycles. The molecule has 19 heavy (non-hydrogen) atoms. The Morgan fingerprint density at radius 1 is 1.21 bits per heavy atom. The Balaban J connectivity index is 2.01. The van der Waals surface area contributed by atoms with E-state index in [1.54, 1.807) is 24.5 Å². The lowest BCUT2D eigenvalue weighted by Gasteiger charge is -2.00. The van der Waals surface area contributed by atoms with Crippen LogP contribution in [0.25, 0.3) is 17.5 Å². The Morgan fingerprint density at radius 2 is 1.89 bits per heavy atom. The first kappa shape index (κ1) is 12.8. The number of hydrogen-bond acceptors (Lipinski definition) is 3. The zero-order chi connectivity index (χ0) is 13.5. The molecule has 1 amide bonds. The number of carboxylic acid groups (broad SMARTS) is 1. The number of nitrogens with zero attached hydrogens (tertiary/aromatic N) is 2. The van der Waals surface area contributed by atoms with Crippen LogP contribution in [0, 0.1) is 0 Å². The van der Waals surface area contributed by atoms with Crippen LogP contribution in [-0.4, -0.2) is 27.7 Å². The van der Waals surface area contributed by atoms with Crippen LogP contribution < -0.4 is 5.32 Å². The summed E-state index contributed by atoms with van der Waals surface area (Å²) in [6, 6.07) is 9.50. The van der Waals surface area contributed by atoms with Gasteiger partial charge in [-0.05, 0) is 11.6 Å². The van der Waals surface area contributed by atoms with Gasteiger partial charge in [-0.1, -0.05) is 36.4 Å². The molecular weight excluding hydrogens is 242 g/mol. The zero-order valence-electron chi connectivity index (χ0n) is 10.2. The van der Waals surface area contributed by atoms with Gasteiger partial charge in [0.25, 0.3) is 0 Å². The van der Waals surface area contributed by atoms with Crippen molar-refractivity contribution in [3.63, 3.8) is 0 Å². The highest BCUT2D eigenvalue weighted by molar-refractivity contribution is 5.65. The third kappa shape index (κ3) is 3.92. The Hall–Kier alpha value is -2.69. The van der Waals surface area contributed by atoms with Crippen molar-refractivity contribution in [2.24, 2.45) is 0 Å². The second-order valence-electron chi connectivity index (χ2n) is 3.78. The lowest BCUT2D eigenvalue weighted by atomic mass is 10.1. The van der Waals surface area contributed by atoms with Crippen molar-refractivity contribution in [1.29, 1.82) is 0 Å². The van der Waals surface area contributed by atoms with Gasteiger partial charge in [0.1, 0.15) is 0 Å². The van der Waals surface area contributed by atoms with Gasteiger partial charge in [-0.2, -0.15) is 0 Å². The number of hydrogen-bond donors (Lipinski definition) is 2. The minimum absolute atomic E-state index is 0.291. The van der Waals surface area contributed by atoms with Crippen molar-refractivity contribution in [2.45, 2.75) is 0 Å². The van der Waals surface area contributed by atoms with E-state index < -0.39 is 6.09 Å². The van der Waals surface area contributed by atoms with Gasteiger partial charge >= 0.3 is 6.09 Å². The molecule has 0 atom stereocenters. The predicted molar refractivity (Wildman–Crippen MR) is 72.5 cm³/mol. The first-order chi connectivity index (χ1) is 9.25. The monoisotopic (exact) mass is 255 g/mol. The van der Waals surface area contributed by atoms with E-state index in [2.05, 4.69) is 15.3 Å². The van der Waals surface area contributed by atoms with Crippen LogP contribution in [0.1, 0.15) is 5.56 Å². The second kappa shape index (κ2) is 6.30. The van der Waals surface area contributed by atoms with E-state index in [-0.39, 0.29) is 0 Å². The summed E-state index contributed by atoms with van der Waals surface area (Å²) in [6.45, 7) is 0.291. The summed E-state index contributed by atoms with van der Waals surface area (Å²) in [5.74, 6) is 0.686. The number of nitrogens with one attached hydrogen (secondary N) is 1. The SMILES string of the molecule is O=C(O)NC/C=C/c1ccc(-c2ncccn2)cc1. The molecule has 2 rings (SSSR count). The highest BCUT2D eigenvalue weighted by Crippen LogP contribution is 2.15. The second-order valence-corrected chi connectivity index (χ2v) is 3.78. The third-order valence-corrected chi connectivity index (χ3v) is 2.42. The van der Waals surface area contributed by atoms with Gasteiger partial charge in [0.05, 0.1) is 0 Å². The standard InChI is InChI=1S/C14H13N3O2/c18-14(19)17-8-1-3-11-4-6-12(7-5-11)13-15-9-2-10-16-13/h1-7,9-10,17H,8H2,(H,18,19)/b3-1+. The molecule has 5 heteroatoms. The summed E-state index contributed by atoms with van der Waals surface area (Å²) in [7, 11) is 0. The fourth-order valence-electron chi connectivity index (χ4n) is 1.53. The predicted octanol–water partition coefficient (Wildman–Crippen LogP) is 2.42. The van der Waals surface area contributed by atoms with Gasteiger partial charge in [0, 0.05) is 24.5 Å². The molecule has 0 aliphatic rings. The number of amides is 1. The average molecular weight is 255 g/mol. The molecule has 5 nitrogen and oxygen atoms in total. The lowest BCUT2D eigenvalue weighted by Crippen LogP contribution is -2.20. The highest BCUT2D eigenvalue weighted by atomic mass is 16.4. The molecule has 2 aromatic rings. The normalized spacial score (nSPS) is 10.5. The molecule has 0 aliphatic heterocycles.